The van der Waals surface area contributed by atoms with Crippen molar-refractivity contribution >= 4 is 23.2 Å². The summed E-state index contributed by atoms with van der Waals surface area (Å²) in [5.41, 5.74) is 0.478. The SMILES string of the molecule is CCCc1nc(C)c(C(=O)N2C[C@@H](C(F)(F)F)[C@H](C(=O)O)C2)s1. The van der Waals surface area contributed by atoms with Gasteiger partial charge < -0.3 is 10.0 Å². The van der Waals surface area contributed by atoms with Crippen molar-refractivity contribution in [2.24, 2.45) is 11.8 Å². The number of likely N-dealkylation sites (tertiary alicyclic amines) is 1. The monoisotopic (exact) mass is 350 g/mol. The van der Waals surface area contributed by atoms with Gasteiger partial charge in [-0.05, 0) is 19.8 Å². The molecule has 2 rings (SSSR count). The minimum atomic E-state index is -4.64. The predicted octanol–water partition coefficient (Wildman–Crippen LogP) is 2.74. The molecule has 0 unspecified atom stereocenters. The Balaban J connectivity index is 2.22. The lowest BCUT2D eigenvalue weighted by Crippen LogP contribution is -2.34. The van der Waals surface area contributed by atoms with Gasteiger partial charge >= 0.3 is 12.1 Å². The molecular formula is C14H17F3N2O3S. The Morgan fingerprint density at radius 2 is 2.04 bits per heavy atom. The summed E-state index contributed by atoms with van der Waals surface area (Å²) < 4.78 is 38.9. The van der Waals surface area contributed by atoms with Crippen molar-refractivity contribution in [2.75, 3.05) is 13.1 Å². The molecule has 0 spiro atoms. The molecule has 1 amide bonds. The predicted molar refractivity (Wildman–Crippen MR) is 77.4 cm³/mol. The zero-order valence-corrected chi connectivity index (χ0v) is 13.5. The molecule has 1 aliphatic rings. The third-order valence-corrected chi connectivity index (χ3v) is 5.05. The first-order chi connectivity index (χ1) is 10.6. The lowest BCUT2D eigenvalue weighted by Gasteiger charge is -2.18. The van der Waals surface area contributed by atoms with Crippen molar-refractivity contribution in [1.82, 2.24) is 9.88 Å². The van der Waals surface area contributed by atoms with E-state index < -0.39 is 43.0 Å². The number of aliphatic carboxylic acids is 1. The molecule has 5 nitrogen and oxygen atoms in total. The van der Waals surface area contributed by atoms with Crippen LogP contribution in [0.1, 0.15) is 33.7 Å². The van der Waals surface area contributed by atoms with Gasteiger partial charge in [0.05, 0.1) is 22.5 Å². The van der Waals surface area contributed by atoms with Crippen LogP contribution in [0.15, 0.2) is 0 Å². The van der Waals surface area contributed by atoms with Crippen LogP contribution >= 0.6 is 11.3 Å². The van der Waals surface area contributed by atoms with E-state index in [1.807, 2.05) is 6.92 Å². The number of aromatic nitrogens is 1. The van der Waals surface area contributed by atoms with Crippen molar-refractivity contribution in [3.05, 3.63) is 15.6 Å². The molecule has 0 aromatic carbocycles. The van der Waals surface area contributed by atoms with Crippen LogP contribution in [-0.4, -0.2) is 46.1 Å². The average molecular weight is 350 g/mol. The van der Waals surface area contributed by atoms with Crippen LogP contribution in [0.4, 0.5) is 13.2 Å². The van der Waals surface area contributed by atoms with Gasteiger partial charge in [-0.15, -0.1) is 11.3 Å². The van der Waals surface area contributed by atoms with Crippen LogP contribution in [0.2, 0.25) is 0 Å². The molecule has 1 saturated heterocycles. The van der Waals surface area contributed by atoms with Crippen molar-refractivity contribution < 1.29 is 27.9 Å². The molecule has 0 radical (unpaired) electrons. The zero-order valence-electron chi connectivity index (χ0n) is 12.7. The van der Waals surface area contributed by atoms with Gasteiger partial charge in [-0.3, -0.25) is 9.59 Å². The quantitative estimate of drug-likeness (QED) is 0.906. The van der Waals surface area contributed by atoms with Gasteiger partial charge in [0.15, 0.2) is 0 Å². The van der Waals surface area contributed by atoms with Crippen LogP contribution in [0.5, 0.6) is 0 Å². The summed E-state index contributed by atoms with van der Waals surface area (Å²) in [6, 6.07) is 0. The summed E-state index contributed by atoms with van der Waals surface area (Å²) in [6.45, 7) is 2.54. The average Bonchev–Trinajstić information content (AvgIpc) is 3.02. The lowest BCUT2D eigenvalue weighted by molar-refractivity contribution is -0.187. The van der Waals surface area contributed by atoms with Crippen molar-refractivity contribution in [2.45, 2.75) is 32.9 Å². The fourth-order valence-corrected chi connectivity index (χ4v) is 3.80. The fraction of sp³-hybridized carbons (Fsp3) is 0.643. The van der Waals surface area contributed by atoms with E-state index in [0.717, 1.165) is 16.3 Å². The standard InChI is InChI=1S/C14H17F3N2O3S/c1-3-4-10-18-7(2)11(23-10)12(20)19-5-8(13(21)22)9(6-19)14(15,16)17/h8-9H,3-6H2,1-2H3,(H,21,22)/t8-,9-/m1/s1. The number of hydrogen-bond acceptors (Lipinski definition) is 4. The van der Waals surface area contributed by atoms with E-state index in [1.54, 1.807) is 6.92 Å². The Labute approximate surface area is 135 Å². The molecule has 23 heavy (non-hydrogen) atoms. The van der Waals surface area contributed by atoms with E-state index in [9.17, 15) is 22.8 Å². The minimum absolute atomic E-state index is 0.292. The van der Waals surface area contributed by atoms with Gasteiger partial charge in [0.1, 0.15) is 4.88 Å². The van der Waals surface area contributed by atoms with E-state index in [2.05, 4.69) is 4.98 Å². The number of halogens is 3. The summed E-state index contributed by atoms with van der Waals surface area (Å²) in [6.07, 6.45) is -3.10. The number of carboxylic acids is 1. The molecule has 0 saturated carbocycles. The maximum atomic E-state index is 13.0. The smallest absolute Gasteiger partial charge is 0.394 e. The maximum absolute atomic E-state index is 13.0. The van der Waals surface area contributed by atoms with Gasteiger partial charge in [0.2, 0.25) is 0 Å². The highest BCUT2D eigenvalue weighted by Gasteiger charge is 2.53. The molecule has 1 N–H and O–H groups in total. The van der Waals surface area contributed by atoms with E-state index in [4.69, 9.17) is 5.11 Å². The fourth-order valence-electron chi connectivity index (χ4n) is 2.67. The van der Waals surface area contributed by atoms with Crippen molar-refractivity contribution in [3.63, 3.8) is 0 Å². The van der Waals surface area contributed by atoms with Crippen LogP contribution < -0.4 is 0 Å². The number of carboxylic acid groups (broad SMARTS) is 1. The maximum Gasteiger partial charge on any atom is 0.394 e. The number of nitrogens with zero attached hydrogens (tertiary/aromatic N) is 2. The molecule has 128 valence electrons. The summed E-state index contributed by atoms with van der Waals surface area (Å²) in [4.78, 5) is 29.1. The van der Waals surface area contributed by atoms with Crippen molar-refractivity contribution in [1.29, 1.82) is 0 Å². The minimum Gasteiger partial charge on any atom is -0.481 e. The summed E-state index contributed by atoms with van der Waals surface area (Å²) in [7, 11) is 0. The number of aryl methyl sites for hydroxylation is 2. The normalized spacial score (nSPS) is 21.7. The molecule has 9 heteroatoms. The highest BCUT2D eigenvalue weighted by molar-refractivity contribution is 7.13. The summed E-state index contributed by atoms with van der Waals surface area (Å²) in [5, 5.41) is 9.76. The van der Waals surface area contributed by atoms with Gasteiger partial charge in [-0.2, -0.15) is 13.2 Å². The first-order valence-corrected chi connectivity index (χ1v) is 8.01. The first-order valence-electron chi connectivity index (χ1n) is 7.20. The third-order valence-electron chi connectivity index (χ3n) is 3.84. The topological polar surface area (TPSA) is 70.5 Å². The number of carbonyl (C=O) groups is 2. The van der Waals surface area contributed by atoms with E-state index in [0.29, 0.717) is 17.0 Å². The number of amides is 1. The molecule has 1 fully saturated rings. The highest BCUT2D eigenvalue weighted by atomic mass is 32.1. The van der Waals surface area contributed by atoms with Crippen LogP contribution in [-0.2, 0) is 11.2 Å². The summed E-state index contributed by atoms with van der Waals surface area (Å²) in [5.74, 6) is -5.76. The number of rotatable bonds is 4. The molecule has 1 aromatic rings. The Kier molecular flexibility index (Phi) is 4.98. The Bertz CT molecular complexity index is 615. The van der Waals surface area contributed by atoms with Crippen molar-refractivity contribution in [3.8, 4) is 0 Å². The highest BCUT2D eigenvalue weighted by Crippen LogP contribution is 2.38. The molecule has 0 aliphatic carbocycles. The molecule has 0 bridgehead atoms. The van der Waals surface area contributed by atoms with Gasteiger partial charge in [0, 0.05) is 13.1 Å². The van der Waals surface area contributed by atoms with Crippen LogP contribution in [0, 0.1) is 18.8 Å². The zero-order chi connectivity index (χ0) is 17.4. The van der Waals surface area contributed by atoms with Gasteiger partial charge in [-0.25, -0.2) is 4.98 Å². The third kappa shape index (κ3) is 3.65. The summed E-state index contributed by atoms with van der Waals surface area (Å²) >= 11 is 1.17. The number of alkyl halides is 3. The lowest BCUT2D eigenvalue weighted by atomic mass is 9.96. The Hall–Kier alpha value is -1.64. The van der Waals surface area contributed by atoms with Gasteiger partial charge in [-0.1, -0.05) is 6.92 Å². The first kappa shape index (κ1) is 17.7. The second kappa shape index (κ2) is 6.46. The van der Waals surface area contributed by atoms with Gasteiger partial charge in [0.25, 0.3) is 5.91 Å². The van der Waals surface area contributed by atoms with E-state index in [-0.39, 0.29) is 0 Å². The second-order valence-electron chi connectivity index (χ2n) is 5.58. The molecule has 1 aliphatic heterocycles. The molecular weight excluding hydrogens is 333 g/mol. The second-order valence-corrected chi connectivity index (χ2v) is 6.66. The Morgan fingerprint density at radius 3 is 2.52 bits per heavy atom. The van der Waals surface area contributed by atoms with E-state index in [1.165, 1.54) is 11.3 Å². The van der Waals surface area contributed by atoms with E-state index >= 15 is 0 Å². The molecule has 2 atom stereocenters. The number of carbonyl (C=O) groups excluding carboxylic acids is 1. The van der Waals surface area contributed by atoms with Crippen LogP contribution in [0.25, 0.3) is 0 Å². The molecule has 1 aromatic heterocycles. The largest absolute Gasteiger partial charge is 0.481 e. The number of hydrogen-bond donors (Lipinski definition) is 1. The number of thiazole rings is 1. The Morgan fingerprint density at radius 1 is 1.39 bits per heavy atom. The molecule has 2 heterocycles. The van der Waals surface area contributed by atoms with Crippen LogP contribution in [0.3, 0.4) is 0 Å².